The second-order valence-corrected chi connectivity index (χ2v) is 6.96. The Bertz CT molecular complexity index is 681. The number of pyridine rings is 1. The molecule has 2 saturated heterocycles. The molecule has 0 aromatic carbocycles. The highest BCUT2D eigenvalue weighted by atomic mass is 35.5. The molecule has 0 bridgehead atoms. The van der Waals surface area contributed by atoms with Gasteiger partial charge < -0.3 is 15.5 Å². The summed E-state index contributed by atoms with van der Waals surface area (Å²) < 4.78 is 0. The van der Waals surface area contributed by atoms with Crippen molar-refractivity contribution in [3.8, 4) is 0 Å². The molecule has 1 atom stereocenters. The lowest BCUT2D eigenvalue weighted by Gasteiger charge is -2.24. The van der Waals surface area contributed by atoms with E-state index < -0.39 is 6.04 Å². The summed E-state index contributed by atoms with van der Waals surface area (Å²) in [4.78, 5) is 43.8. The number of anilines is 1. The molecule has 26 heavy (non-hydrogen) atoms. The third-order valence-corrected chi connectivity index (χ3v) is 4.78. The SMILES string of the molecule is O=C(CN1CCCN(C(=O)[C@H]2CCC(=O)N2)CC1)Nc1ccc(Cl)cn1. The van der Waals surface area contributed by atoms with E-state index in [-0.39, 0.29) is 24.3 Å². The van der Waals surface area contributed by atoms with Gasteiger partial charge in [0.15, 0.2) is 0 Å². The summed E-state index contributed by atoms with van der Waals surface area (Å²) in [6.45, 7) is 2.79. The molecule has 0 unspecified atom stereocenters. The fourth-order valence-corrected chi connectivity index (χ4v) is 3.32. The van der Waals surface area contributed by atoms with Crippen LogP contribution in [0, 0.1) is 0 Å². The molecule has 2 N–H and O–H groups in total. The van der Waals surface area contributed by atoms with E-state index in [1.807, 2.05) is 4.90 Å². The van der Waals surface area contributed by atoms with Gasteiger partial charge in [0.1, 0.15) is 11.9 Å². The van der Waals surface area contributed by atoms with Crippen LogP contribution in [0.25, 0.3) is 0 Å². The summed E-state index contributed by atoms with van der Waals surface area (Å²) in [7, 11) is 0. The van der Waals surface area contributed by atoms with E-state index in [9.17, 15) is 14.4 Å². The van der Waals surface area contributed by atoms with Crippen molar-refractivity contribution in [2.45, 2.75) is 25.3 Å². The number of nitrogens with zero attached hydrogens (tertiary/aromatic N) is 3. The monoisotopic (exact) mass is 379 g/mol. The number of hydrogen-bond acceptors (Lipinski definition) is 5. The van der Waals surface area contributed by atoms with Crippen molar-refractivity contribution in [1.29, 1.82) is 0 Å². The Labute approximate surface area is 156 Å². The Morgan fingerprint density at radius 1 is 1.27 bits per heavy atom. The highest BCUT2D eigenvalue weighted by Crippen LogP contribution is 2.13. The number of halogens is 1. The minimum absolute atomic E-state index is 0.0208. The van der Waals surface area contributed by atoms with Crippen LogP contribution in [0.2, 0.25) is 5.02 Å². The summed E-state index contributed by atoms with van der Waals surface area (Å²) >= 11 is 5.78. The first-order valence-electron chi connectivity index (χ1n) is 8.73. The molecule has 1 aromatic heterocycles. The van der Waals surface area contributed by atoms with Gasteiger partial charge in [-0.25, -0.2) is 4.98 Å². The number of nitrogens with one attached hydrogen (secondary N) is 2. The minimum Gasteiger partial charge on any atom is -0.344 e. The molecule has 0 spiro atoms. The fourth-order valence-electron chi connectivity index (χ4n) is 3.20. The number of rotatable bonds is 4. The van der Waals surface area contributed by atoms with Crippen molar-refractivity contribution >= 4 is 35.1 Å². The van der Waals surface area contributed by atoms with Crippen LogP contribution in [-0.4, -0.2) is 71.3 Å². The van der Waals surface area contributed by atoms with Gasteiger partial charge in [-0.05, 0) is 25.0 Å². The highest BCUT2D eigenvalue weighted by molar-refractivity contribution is 6.30. The molecule has 3 rings (SSSR count). The Balaban J connectivity index is 1.47. The van der Waals surface area contributed by atoms with Gasteiger partial charge in [-0.3, -0.25) is 19.3 Å². The number of carbonyl (C=O) groups is 3. The maximum Gasteiger partial charge on any atom is 0.245 e. The predicted molar refractivity (Wildman–Crippen MR) is 96.7 cm³/mol. The van der Waals surface area contributed by atoms with Crippen LogP contribution in [0.4, 0.5) is 5.82 Å². The molecular weight excluding hydrogens is 358 g/mol. The number of aromatic nitrogens is 1. The van der Waals surface area contributed by atoms with Crippen molar-refractivity contribution in [2.24, 2.45) is 0 Å². The van der Waals surface area contributed by atoms with E-state index in [0.29, 0.717) is 43.3 Å². The summed E-state index contributed by atoms with van der Waals surface area (Å²) in [5.41, 5.74) is 0. The lowest BCUT2D eigenvalue weighted by Crippen LogP contribution is -2.46. The third kappa shape index (κ3) is 4.92. The fraction of sp³-hybridized carbons (Fsp3) is 0.529. The standard InChI is InChI=1S/C17H22ClN5O3/c18-12-2-4-14(19-10-12)21-16(25)11-22-6-1-7-23(9-8-22)17(26)13-3-5-15(24)20-13/h2,4,10,13H,1,3,5-9,11H2,(H,20,24)(H,19,21,25)/t13-/m1/s1. The van der Waals surface area contributed by atoms with Crippen LogP contribution in [0.5, 0.6) is 0 Å². The zero-order valence-electron chi connectivity index (χ0n) is 14.4. The molecular formula is C17H22ClN5O3. The molecule has 140 valence electrons. The summed E-state index contributed by atoms with van der Waals surface area (Å²) in [6, 6.07) is 2.92. The van der Waals surface area contributed by atoms with E-state index in [1.54, 1.807) is 17.0 Å². The van der Waals surface area contributed by atoms with Crippen LogP contribution < -0.4 is 10.6 Å². The molecule has 2 fully saturated rings. The highest BCUT2D eigenvalue weighted by Gasteiger charge is 2.31. The molecule has 2 aliphatic rings. The molecule has 8 nitrogen and oxygen atoms in total. The van der Waals surface area contributed by atoms with Crippen molar-refractivity contribution in [3.63, 3.8) is 0 Å². The lowest BCUT2D eigenvalue weighted by atomic mass is 10.2. The van der Waals surface area contributed by atoms with E-state index in [1.165, 1.54) is 6.20 Å². The second kappa shape index (κ2) is 8.46. The number of hydrogen-bond donors (Lipinski definition) is 2. The van der Waals surface area contributed by atoms with E-state index in [4.69, 9.17) is 11.6 Å². The smallest absolute Gasteiger partial charge is 0.245 e. The average Bonchev–Trinajstić information content (AvgIpc) is 2.92. The van der Waals surface area contributed by atoms with E-state index >= 15 is 0 Å². The van der Waals surface area contributed by atoms with Gasteiger partial charge in [0.2, 0.25) is 17.7 Å². The van der Waals surface area contributed by atoms with Gasteiger partial charge >= 0.3 is 0 Å². The zero-order valence-corrected chi connectivity index (χ0v) is 15.2. The Morgan fingerprint density at radius 3 is 2.81 bits per heavy atom. The first kappa shape index (κ1) is 18.6. The van der Waals surface area contributed by atoms with Gasteiger partial charge in [0.05, 0.1) is 11.6 Å². The molecule has 0 radical (unpaired) electrons. The molecule has 9 heteroatoms. The van der Waals surface area contributed by atoms with Gasteiger partial charge in [-0.1, -0.05) is 11.6 Å². The van der Waals surface area contributed by atoms with Crippen LogP contribution in [-0.2, 0) is 14.4 Å². The van der Waals surface area contributed by atoms with Crippen LogP contribution in [0.3, 0.4) is 0 Å². The normalized spacial score (nSPS) is 21.2. The van der Waals surface area contributed by atoms with Gasteiger partial charge in [0.25, 0.3) is 0 Å². The predicted octanol–water partition coefficient (Wildman–Crippen LogP) is 0.486. The second-order valence-electron chi connectivity index (χ2n) is 6.52. The minimum atomic E-state index is -0.395. The molecule has 1 aromatic rings. The topological polar surface area (TPSA) is 94.6 Å². The van der Waals surface area contributed by atoms with Gasteiger partial charge in [-0.2, -0.15) is 0 Å². The maximum atomic E-state index is 12.5. The van der Waals surface area contributed by atoms with Crippen molar-refractivity contribution in [2.75, 3.05) is 38.0 Å². The summed E-state index contributed by atoms with van der Waals surface area (Å²) in [5.74, 6) is 0.227. The molecule has 0 aliphatic carbocycles. The van der Waals surface area contributed by atoms with E-state index in [0.717, 1.165) is 13.0 Å². The molecule has 3 heterocycles. The maximum absolute atomic E-state index is 12.5. The van der Waals surface area contributed by atoms with Crippen molar-refractivity contribution in [3.05, 3.63) is 23.4 Å². The van der Waals surface area contributed by atoms with Crippen molar-refractivity contribution in [1.82, 2.24) is 20.1 Å². The summed E-state index contributed by atoms with van der Waals surface area (Å²) in [6.07, 6.45) is 3.25. The summed E-state index contributed by atoms with van der Waals surface area (Å²) in [5, 5.41) is 5.98. The van der Waals surface area contributed by atoms with Crippen LogP contribution in [0.15, 0.2) is 18.3 Å². The number of amides is 3. The Morgan fingerprint density at radius 2 is 2.12 bits per heavy atom. The average molecular weight is 380 g/mol. The molecule has 3 amide bonds. The zero-order chi connectivity index (χ0) is 18.5. The van der Waals surface area contributed by atoms with Gasteiger partial charge in [0, 0.05) is 38.8 Å². The Kier molecular flexibility index (Phi) is 6.05. The van der Waals surface area contributed by atoms with Crippen molar-refractivity contribution < 1.29 is 14.4 Å². The number of carbonyl (C=O) groups excluding carboxylic acids is 3. The van der Waals surface area contributed by atoms with Crippen LogP contribution in [0.1, 0.15) is 19.3 Å². The molecule has 2 aliphatic heterocycles. The largest absolute Gasteiger partial charge is 0.344 e. The lowest BCUT2D eigenvalue weighted by molar-refractivity contribution is -0.134. The Hall–Kier alpha value is -2.19. The van der Waals surface area contributed by atoms with Gasteiger partial charge in [-0.15, -0.1) is 0 Å². The quantitative estimate of drug-likeness (QED) is 0.793. The van der Waals surface area contributed by atoms with Crippen LogP contribution >= 0.6 is 11.6 Å². The first-order chi connectivity index (χ1) is 12.5. The molecule has 0 saturated carbocycles. The first-order valence-corrected chi connectivity index (χ1v) is 9.11. The van der Waals surface area contributed by atoms with E-state index in [2.05, 4.69) is 15.6 Å². The third-order valence-electron chi connectivity index (χ3n) is 4.56.